The molecule has 1 amide bonds. The minimum Gasteiger partial charge on any atom is -0.481 e. The maximum Gasteiger partial charge on any atom is 0.320 e. The average Bonchev–Trinajstić information content (AvgIpc) is 2.67. The number of amides is 1. The van der Waals surface area contributed by atoms with E-state index in [1.54, 1.807) is 31.2 Å². The number of carbonyl (C=O) groups excluding carboxylic acids is 2. The Morgan fingerprint density at radius 2 is 1.68 bits per heavy atom. The first-order valence-electron chi connectivity index (χ1n) is 9.06. The largest absolute Gasteiger partial charge is 0.481 e. The first-order valence-corrected chi connectivity index (χ1v) is 12.4. The molecule has 0 heterocycles. The number of phenols is 1. The fourth-order valence-electron chi connectivity index (χ4n) is 2.44. The van der Waals surface area contributed by atoms with Gasteiger partial charge in [-0.3, -0.25) is 9.59 Å². The summed E-state index contributed by atoms with van der Waals surface area (Å²) in [6.07, 6.45) is 0.162. The summed E-state index contributed by atoms with van der Waals surface area (Å²) >= 11 is -5.14. The number of para-hydroxylation sites is 1. The Kier molecular flexibility index (Phi) is 10.0. The van der Waals surface area contributed by atoms with Crippen molar-refractivity contribution in [1.29, 1.82) is 0 Å². The summed E-state index contributed by atoms with van der Waals surface area (Å²) in [5.41, 5.74) is 0.584. The number of ether oxygens (including phenoxy) is 1. The molecule has 10 nitrogen and oxygen atoms in total. The van der Waals surface area contributed by atoms with Gasteiger partial charge in [-0.05, 0) is 18.9 Å². The molecule has 2 rings (SSSR count). The van der Waals surface area contributed by atoms with Crippen molar-refractivity contribution in [1.82, 2.24) is 0 Å². The van der Waals surface area contributed by atoms with Gasteiger partial charge in [-0.25, -0.2) is 0 Å². The summed E-state index contributed by atoms with van der Waals surface area (Å²) in [6.45, 7) is 3.03. The van der Waals surface area contributed by atoms with Crippen molar-refractivity contribution in [3.05, 3.63) is 54.1 Å². The number of carboxylic acid groups (broad SMARTS) is 1. The van der Waals surface area contributed by atoms with E-state index in [-0.39, 0.29) is 28.8 Å². The average molecular weight is 497 g/mol. The van der Waals surface area contributed by atoms with Gasteiger partial charge in [-0.15, -0.1) is 0 Å². The molecule has 1 unspecified atom stereocenters. The van der Waals surface area contributed by atoms with Crippen LogP contribution in [0.15, 0.2) is 48.5 Å². The van der Waals surface area contributed by atoms with Gasteiger partial charge in [0.1, 0.15) is 0 Å². The molecule has 5 N–H and O–H groups in total. The van der Waals surface area contributed by atoms with Crippen LogP contribution in [0.1, 0.15) is 19.4 Å². The van der Waals surface area contributed by atoms with Gasteiger partial charge in [0.2, 0.25) is 0 Å². The topological polar surface area (TPSA) is 170 Å². The fraction of sp³-hybridized carbons (Fsp3) is 0.250. The Morgan fingerprint density at radius 3 is 2.16 bits per heavy atom. The third-order valence-electron chi connectivity index (χ3n) is 3.79. The number of benzene rings is 2. The van der Waals surface area contributed by atoms with E-state index in [1.807, 2.05) is 6.07 Å². The third kappa shape index (κ3) is 8.67. The minimum absolute atomic E-state index is 0.162. The molecule has 0 saturated heterocycles. The Morgan fingerprint density at radius 1 is 1.06 bits per heavy atom. The van der Waals surface area contributed by atoms with Crippen molar-refractivity contribution in [2.45, 2.75) is 20.3 Å². The van der Waals surface area contributed by atoms with Gasteiger partial charge < -0.3 is 9.84 Å². The SMILES string of the molecule is CC(=O)Nc1c(O)cccc1[As](=O)(O)O.CCOC(=O)C(Cc1ccccc1)C(=O)O. The second-order valence-electron chi connectivity index (χ2n) is 6.23. The first-order chi connectivity index (χ1) is 14.5. The molecule has 2 aromatic carbocycles. The Labute approximate surface area is 181 Å². The van der Waals surface area contributed by atoms with Gasteiger partial charge >= 0.3 is 100 Å². The van der Waals surface area contributed by atoms with Crippen LogP contribution >= 0.6 is 0 Å². The Balaban J connectivity index is 0.000000311. The molecule has 0 aliphatic carbocycles. The summed E-state index contributed by atoms with van der Waals surface area (Å²) in [7, 11) is 0. The monoisotopic (exact) mass is 497 g/mol. The van der Waals surface area contributed by atoms with Crippen LogP contribution < -0.4 is 9.67 Å². The molecule has 0 radical (unpaired) electrons. The van der Waals surface area contributed by atoms with Crippen LogP contribution in [0, 0.1) is 5.92 Å². The number of esters is 1. The van der Waals surface area contributed by atoms with Crippen molar-refractivity contribution < 1.29 is 41.3 Å². The van der Waals surface area contributed by atoms with Crippen LogP contribution in [0.4, 0.5) is 5.69 Å². The van der Waals surface area contributed by atoms with Crippen molar-refractivity contribution >= 4 is 42.1 Å². The normalized spacial score (nSPS) is 11.5. The number of hydrogen-bond acceptors (Lipinski definition) is 6. The molecule has 168 valence electrons. The van der Waals surface area contributed by atoms with Gasteiger partial charge in [0, 0.05) is 0 Å². The number of aliphatic carboxylic acids is 1. The van der Waals surface area contributed by atoms with Crippen molar-refractivity contribution in [2.75, 3.05) is 11.9 Å². The number of aromatic hydroxyl groups is 1. The van der Waals surface area contributed by atoms with Crippen LogP contribution in [0.5, 0.6) is 5.75 Å². The molecule has 31 heavy (non-hydrogen) atoms. The Bertz CT molecular complexity index is 956. The zero-order valence-corrected chi connectivity index (χ0v) is 18.8. The molecule has 0 saturated carbocycles. The molecule has 0 fully saturated rings. The molecule has 0 aliphatic rings. The summed E-state index contributed by atoms with van der Waals surface area (Å²) in [5, 5.41) is 20.5. The van der Waals surface area contributed by atoms with Crippen LogP contribution in [0.25, 0.3) is 0 Å². The number of nitrogens with one attached hydrogen (secondary N) is 1. The van der Waals surface area contributed by atoms with E-state index < -0.39 is 37.9 Å². The van der Waals surface area contributed by atoms with Crippen LogP contribution in [0.2, 0.25) is 0 Å². The number of hydrogen-bond donors (Lipinski definition) is 5. The van der Waals surface area contributed by atoms with Crippen molar-refractivity contribution in [2.24, 2.45) is 5.92 Å². The molecular weight excluding hydrogens is 473 g/mol. The number of carboxylic acids is 1. The molecule has 0 aromatic heterocycles. The van der Waals surface area contributed by atoms with E-state index in [0.29, 0.717) is 0 Å². The van der Waals surface area contributed by atoms with Crippen LogP contribution in [-0.4, -0.2) is 57.0 Å². The zero-order valence-electron chi connectivity index (χ0n) is 16.9. The number of anilines is 1. The van der Waals surface area contributed by atoms with Crippen molar-refractivity contribution in [3.63, 3.8) is 0 Å². The summed E-state index contributed by atoms with van der Waals surface area (Å²) in [4.78, 5) is 33.1. The fourth-order valence-corrected chi connectivity index (χ4v) is 4.00. The summed E-state index contributed by atoms with van der Waals surface area (Å²) < 4.78 is 33.5. The van der Waals surface area contributed by atoms with Gasteiger partial charge in [-0.1, -0.05) is 30.3 Å². The number of carbonyl (C=O) groups is 3. The third-order valence-corrected chi connectivity index (χ3v) is 5.89. The molecular formula is C20H24AsNO9. The molecule has 11 heteroatoms. The van der Waals surface area contributed by atoms with Gasteiger partial charge in [0.15, 0.2) is 5.92 Å². The molecule has 2 aromatic rings. The minimum atomic E-state index is -5.14. The van der Waals surface area contributed by atoms with Gasteiger partial charge in [0.25, 0.3) is 0 Å². The molecule has 0 bridgehead atoms. The van der Waals surface area contributed by atoms with E-state index in [2.05, 4.69) is 5.32 Å². The first kappa shape index (κ1) is 26.0. The van der Waals surface area contributed by atoms with Gasteiger partial charge in [-0.2, -0.15) is 0 Å². The quantitative estimate of drug-likeness (QED) is 0.157. The van der Waals surface area contributed by atoms with E-state index in [0.717, 1.165) is 5.56 Å². The zero-order chi connectivity index (χ0) is 23.6. The standard InChI is InChI=1S/C12H14O4.C8H10AsNO5/c1-2-16-12(15)10(11(13)14)8-9-6-4-3-5-7-9;1-5(11)10-8-6(9(13,14)15)3-2-4-7(8)12/h3-7,10H,2,8H2,1H3,(H,13,14);2-4,12H,1H3,(H,10,11)(H2,13,14,15). The predicted octanol–water partition coefficient (Wildman–Crippen LogP) is 0.405. The second kappa shape index (κ2) is 11.9. The second-order valence-corrected chi connectivity index (χ2v) is 9.52. The molecule has 1 atom stereocenters. The molecule has 0 aliphatic heterocycles. The smallest absolute Gasteiger partial charge is 0.320 e. The maximum atomic E-state index is 11.4. The van der Waals surface area contributed by atoms with E-state index in [9.17, 15) is 23.2 Å². The summed E-state index contributed by atoms with van der Waals surface area (Å²) in [5.74, 6) is -3.84. The number of phenolic OH excluding ortho intramolecular Hbond substituents is 1. The number of rotatable bonds is 7. The van der Waals surface area contributed by atoms with Crippen LogP contribution in [0.3, 0.4) is 0 Å². The van der Waals surface area contributed by atoms with Gasteiger partial charge in [0.05, 0.1) is 6.61 Å². The predicted molar refractivity (Wildman–Crippen MR) is 111 cm³/mol. The maximum absolute atomic E-state index is 11.4. The van der Waals surface area contributed by atoms with Crippen LogP contribution in [-0.2, 0) is 29.3 Å². The van der Waals surface area contributed by atoms with E-state index in [1.165, 1.54) is 25.1 Å². The Hall–Kier alpha value is -3.07. The molecule has 0 spiro atoms. The summed E-state index contributed by atoms with van der Waals surface area (Å²) in [6, 6.07) is 12.7. The van der Waals surface area contributed by atoms with E-state index in [4.69, 9.17) is 18.0 Å². The van der Waals surface area contributed by atoms with E-state index >= 15 is 0 Å². The van der Waals surface area contributed by atoms with Crippen molar-refractivity contribution in [3.8, 4) is 5.75 Å².